The predicted octanol–water partition coefficient (Wildman–Crippen LogP) is 3.60. The van der Waals surface area contributed by atoms with Crippen LogP contribution in [0, 0.1) is 13.8 Å². The first-order valence-corrected chi connectivity index (χ1v) is 7.02. The zero-order chi connectivity index (χ0) is 15.7. The molecule has 2 N–H and O–H groups in total. The van der Waals surface area contributed by atoms with Gasteiger partial charge in [0.05, 0.1) is 10.9 Å². The second-order valence-electron chi connectivity index (χ2n) is 5.32. The molecule has 1 heterocycles. The maximum absolute atomic E-state index is 12.0. The van der Waals surface area contributed by atoms with E-state index in [1.165, 1.54) is 6.08 Å². The highest BCUT2D eigenvalue weighted by atomic mass is 16.3. The Kier molecular flexibility index (Phi) is 3.51. The van der Waals surface area contributed by atoms with E-state index in [2.05, 4.69) is 9.97 Å². The van der Waals surface area contributed by atoms with Crippen LogP contribution in [-0.4, -0.2) is 15.1 Å². The number of aliphatic hydroxyl groups is 1. The monoisotopic (exact) mass is 292 g/mol. The fourth-order valence-corrected chi connectivity index (χ4v) is 2.48. The number of aromatic amines is 1. The molecular weight excluding hydrogens is 276 g/mol. The van der Waals surface area contributed by atoms with Gasteiger partial charge in [-0.1, -0.05) is 35.9 Å². The van der Waals surface area contributed by atoms with Crippen molar-refractivity contribution in [1.82, 2.24) is 9.97 Å². The largest absolute Gasteiger partial charge is 0.507 e. The number of benzene rings is 2. The molecule has 0 aliphatic rings. The Bertz CT molecular complexity index is 939. The molecule has 2 aromatic carbocycles. The molecule has 0 fully saturated rings. The van der Waals surface area contributed by atoms with Crippen LogP contribution in [0.4, 0.5) is 0 Å². The Labute approximate surface area is 127 Å². The second kappa shape index (κ2) is 5.48. The molecule has 3 rings (SSSR count). The molecule has 4 heteroatoms. The molecule has 4 nitrogen and oxygen atoms in total. The van der Waals surface area contributed by atoms with E-state index in [-0.39, 0.29) is 11.3 Å². The Hall–Kier alpha value is -2.88. The molecule has 0 atom stereocenters. The highest BCUT2D eigenvalue weighted by Gasteiger charge is 2.06. The van der Waals surface area contributed by atoms with E-state index in [0.717, 1.165) is 16.7 Å². The van der Waals surface area contributed by atoms with Crippen molar-refractivity contribution < 1.29 is 5.11 Å². The summed E-state index contributed by atoms with van der Waals surface area (Å²) in [5, 5.41) is 10.8. The van der Waals surface area contributed by atoms with E-state index in [1.807, 2.05) is 38.1 Å². The van der Waals surface area contributed by atoms with Crippen LogP contribution in [0.3, 0.4) is 0 Å². The van der Waals surface area contributed by atoms with Crippen LogP contribution in [0.1, 0.15) is 22.5 Å². The number of hydrogen-bond acceptors (Lipinski definition) is 3. The number of aryl methyl sites for hydroxylation is 2. The van der Waals surface area contributed by atoms with Gasteiger partial charge < -0.3 is 10.1 Å². The minimum atomic E-state index is -0.217. The van der Waals surface area contributed by atoms with Gasteiger partial charge >= 0.3 is 0 Å². The standard InChI is InChI=1S/C18H16N2O2/c1-11-7-8-13(12(2)9-11)16(21)10-17-19-15-6-4-3-5-14(15)18(22)20-17/h3-10,21H,1-2H3,(H,19,20,22)/b16-10-. The lowest BCUT2D eigenvalue weighted by atomic mass is 10.0. The van der Waals surface area contributed by atoms with Crippen LogP contribution in [0.15, 0.2) is 47.3 Å². The Balaban J connectivity index is 2.09. The zero-order valence-corrected chi connectivity index (χ0v) is 12.4. The first-order valence-electron chi connectivity index (χ1n) is 7.02. The number of aliphatic hydroxyl groups excluding tert-OH is 1. The molecule has 0 amide bonds. The molecule has 0 saturated heterocycles. The van der Waals surface area contributed by atoms with Gasteiger partial charge in [0, 0.05) is 11.6 Å². The smallest absolute Gasteiger partial charge is 0.259 e. The summed E-state index contributed by atoms with van der Waals surface area (Å²) in [6.07, 6.45) is 1.48. The van der Waals surface area contributed by atoms with Crippen molar-refractivity contribution in [1.29, 1.82) is 0 Å². The number of H-pyrrole nitrogens is 1. The van der Waals surface area contributed by atoms with Crippen molar-refractivity contribution in [2.24, 2.45) is 0 Å². The van der Waals surface area contributed by atoms with Crippen molar-refractivity contribution in [2.45, 2.75) is 13.8 Å². The van der Waals surface area contributed by atoms with Gasteiger partial charge in [0.1, 0.15) is 11.6 Å². The maximum Gasteiger partial charge on any atom is 0.259 e. The first kappa shape index (κ1) is 14.1. The molecule has 0 aliphatic carbocycles. The van der Waals surface area contributed by atoms with Crippen molar-refractivity contribution in [3.8, 4) is 0 Å². The number of aromatic nitrogens is 2. The van der Waals surface area contributed by atoms with Gasteiger partial charge in [0.25, 0.3) is 5.56 Å². The van der Waals surface area contributed by atoms with Crippen LogP contribution in [0.5, 0.6) is 0 Å². The summed E-state index contributed by atoms with van der Waals surface area (Å²) in [6.45, 7) is 3.93. The van der Waals surface area contributed by atoms with Crippen LogP contribution in [-0.2, 0) is 0 Å². The van der Waals surface area contributed by atoms with Gasteiger partial charge in [-0.15, -0.1) is 0 Å². The average Bonchev–Trinajstić information content (AvgIpc) is 2.47. The average molecular weight is 292 g/mol. The molecule has 0 bridgehead atoms. The lowest BCUT2D eigenvalue weighted by molar-refractivity contribution is 0.514. The third-order valence-corrected chi connectivity index (χ3v) is 3.56. The fraction of sp³-hybridized carbons (Fsp3) is 0.111. The van der Waals surface area contributed by atoms with Crippen molar-refractivity contribution in [3.05, 3.63) is 75.3 Å². The summed E-state index contributed by atoms with van der Waals surface area (Å²) < 4.78 is 0. The van der Waals surface area contributed by atoms with Gasteiger partial charge in [0.15, 0.2) is 0 Å². The van der Waals surface area contributed by atoms with Gasteiger partial charge in [-0.2, -0.15) is 0 Å². The number of para-hydroxylation sites is 1. The van der Waals surface area contributed by atoms with E-state index in [1.54, 1.807) is 18.2 Å². The molecular formula is C18H16N2O2. The third kappa shape index (κ3) is 2.63. The molecule has 0 saturated carbocycles. The quantitative estimate of drug-likeness (QED) is 0.709. The van der Waals surface area contributed by atoms with E-state index < -0.39 is 0 Å². The zero-order valence-electron chi connectivity index (χ0n) is 12.4. The van der Waals surface area contributed by atoms with Gasteiger partial charge in [-0.25, -0.2) is 4.98 Å². The SMILES string of the molecule is Cc1ccc(/C(O)=C/c2nc3ccccc3c(=O)[nH]2)c(C)c1. The summed E-state index contributed by atoms with van der Waals surface area (Å²) in [5.74, 6) is 0.414. The van der Waals surface area contributed by atoms with Crippen molar-refractivity contribution in [3.63, 3.8) is 0 Å². The molecule has 3 aromatic rings. The van der Waals surface area contributed by atoms with Gasteiger partial charge in [-0.05, 0) is 31.5 Å². The van der Waals surface area contributed by atoms with E-state index in [9.17, 15) is 9.90 Å². The normalized spacial score (nSPS) is 11.8. The second-order valence-corrected chi connectivity index (χ2v) is 5.32. The summed E-state index contributed by atoms with van der Waals surface area (Å²) in [7, 11) is 0. The molecule has 0 radical (unpaired) electrons. The van der Waals surface area contributed by atoms with E-state index in [0.29, 0.717) is 16.7 Å². The summed E-state index contributed by atoms with van der Waals surface area (Å²) in [5.41, 5.74) is 3.21. The predicted molar refractivity (Wildman–Crippen MR) is 88.8 cm³/mol. The molecule has 1 aromatic heterocycles. The van der Waals surface area contributed by atoms with Crippen molar-refractivity contribution in [2.75, 3.05) is 0 Å². The maximum atomic E-state index is 12.0. The summed E-state index contributed by atoms with van der Waals surface area (Å²) in [4.78, 5) is 19.1. The molecule has 0 unspecified atom stereocenters. The van der Waals surface area contributed by atoms with E-state index >= 15 is 0 Å². The Morgan fingerprint density at radius 2 is 1.95 bits per heavy atom. The molecule has 0 spiro atoms. The topological polar surface area (TPSA) is 66.0 Å². The number of nitrogens with one attached hydrogen (secondary N) is 1. The third-order valence-electron chi connectivity index (χ3n) is 3.56. The highest BCUT2D eigenvalue weighted by molar-refractivity contribution is 5.80. The Morgan fingerprint density at radius 1 is 1.18 bits per heavy atom. The van der Waals surface area contributed by atoms with Crippen molar-refractivity contribution >= 4 is 22.7 Å². The molecule has 0 aliphatic heterocycles. The molecule has 22 heavy (non-hydrogen) atoms. The van der Waals surface area contributed by atoms with Gasteiger partial charge in [-0.3, -0.25) is 4.79 Å². The fourth-order valence-electron chi connectivity index (χ4n) is 2.48. The Morgan fingerprint density at radius 3 is 2.73 bits per heavy atom. The first-order chi connectivity index (χ1) is 10.5. The van der Waals surface area contributed by atoms with E-state index in [4.69, 9.17) is 0 Å². The number of nitrogens with zero attached hydrogens (tertiary/aromatic N) is 1. The van der Waals surface area contributed by atoms with Crippen LogP contribution in [0.25, 0.3) is 22.7 Å². The summed E-state index contributed by atoms with van der Waals surface area (Å²) in [6, 6.07) is 12.9. The van der Waals surface area contributed by atoms with Crippen LogP contribution < -0.4 is 5.56 Å². The number of rotatable bonds is 2. The number of fused-ring (bicyclic) bond motifs is 1. The number of hydrogen-bond donors (Lipinski definition) is 2. The van der Waals surface area contributed by atoms with Crippen LogP contribution >= 0.6 is 0 Å². The summed E-state index contributed by atoms with van der Waals surface area (Å²) >= 11 is 0. The lowest BCUT2D eigenvalue weighted by Gasteiger charge is -2.06. The van der Waals surface area contributed by atoms with Crippen LogP contribution in [0.2, 0.25) is 0 Å². The minimum absolute atomic E-state index is 0.0796. The molecule has 110 valence electrons. The highest BCUT2D eigenvalue weighted by Crippen LogP contribution is 2.19. The lowest BCUT2D eigenvalue weighted by Crippen LogP contribution is -2.09. The minimum Gasteiger partial charge on any atom is -0.507 e. The van der Waals surface area contributed by atoms with Gasteiger partial charge in [0.2, 0.25) is 0 Å².